The van der Waals surface area contributed by atoms with Crippen LogP contribution in [-0.4, -0.2) is 12.1 Å². The highest BCUT2D eigenvalue weighted by Gasteiger charge is 2.42. The number of carbonyl (C=O) groups is 1. The molecule has 3 heteroatoms. The zero-order valence-corrected chi connectivity index (χ0v) is 14.8. The molecule has 0 unspecified atom stereocenters. The van der Waals surface area contributed by atoms with Crippen molar-refractivity contribution in [2.75, 3.05) is 4.90 Å². The van der Waals surface area contributed by atoms with E-state index in [9.17, 15) is 4.79 Å². The van der Waals surface area contributed by atoms with Gasteiger partial charge in [-0.15, -0.1) is 0 Å². The van der Waals surface area contributed by atoms with E-state index in [-0.39, 0.29) is 23.7 Å². The number of para-hydroxylation sites is 1. The molecule has 126 valence electrons. The maximum atomic E-state index is 12.7. The van der Waals surface area contributed by atoms with Crippen molar-refractivity contribution in [1.82, 2.24) is 0 Å². The maximum absolute atomic E-state index is 12.7. The van der Waals surface area contributed by atoms with Crippen LogP contribution in [-0.2, 0) is 9.53 Å². The predicted molar refractivity (Wildman–Crippen MR) is 96.8 cm³/mol. The van der Waals surface area contributed by atoms with Gasteiger partial charge in [-0.1, -0.05) is 76.2 Å². The molecule has 3 rings (SSSR count). The second-order valence-corrected chi connectivity index (χ2v) is 7.32. The number of carbonyl (C=O) groups excluding carboxylic acids is 1. The molecular weight excluding hydrogens is 298 g/mol. The molecule has 1 aliphatic heterocycles. The monoisotopic (exact) mass is 323 g/mol. The highest BCUT2D eigenvalue weighted by Crippen LogP contribution is 2.44. The van der Waals surface area contributed by atoms with E-state index in [1.807, 2.05) is 48.2 Å². The molecule has 3 nitrogen and oxygen atoms in total. The largest absolute Gasteiger partial charge is 0.345 e. The van der Waals surface area contributed by atoms with Crippen molar-refractivity contribution in [3.8, 4) is 0 Å². The van der Waals surface area contributed by atoms with Gasteiger partial charge in [0, 0.05) is 17.4 Å². The average Bonchev–Trinajstić information content (AvgIpc) is 2.59. The van der Waals surface area contributed by atoms with E-state index in [0.717, 1.165) is 16.8 Å². The van der Waals surface area contributed by atoms with Crippen molar-refractivity contribution >= 4 is 11.6 Å². The second-order valence-electron chi connectivity index (χ2n) is 7.32. The lowest BCUT2D eigenvalue weighted by Gasteiger charge is -2.46. The lowest BCUT2D eigenvalue weighted by atomic mass is 9.88. The van der Waals surface area contributed by atoms with E-state index in [0.29, 0.717) is 6.42 Å². The van der Waals surface area contributed by atoms with Gasteiger partial charge in [0.1, 0.15) is 12.3 Å². The van der Waals surface area contributed by atoms with Crippen LogP contribution in [0.1, 0.15) is 51.3 Å². The van der Waals surface area contributed by atoms with Crippen LogP contribution in [0.4, 0.5) is 5.69 Å². The Bertz CT molecular complexity index is 718. The van der Waals surface area contributed by atoms with Crippen LogP contribution in [0.3, 0.4) is 0 Å². The number of hydrogen-bond acceptors (Lipinski definition) is 2. The van der Waals surface area contributed by atoms with Crippen LogP contribution >= 0.6 is 0 Å². The van der Waals surface area contributed by atoms with Crippen molar-refractivity contribution in [3.05, 3.63) is 65.7 Å². The Kier molecular flexibility index (Phi) is 4.46. The highest BCUT2D eigenvalue weighted by molar-refractivity contribution is 5.95. The van der Waals surface area contributed by atoms with Gasteiger partial charge in [0.2, 0.25) is 5.91 Å². The Labute approximate surface area is 144 Å². The van der Waals surface area contributed by atoms with Crippen LogP contribution in [0.15, 0.2) is 54.6 Å². The molecule has 0 saturated heterocycles. The first-order valence-corrected chi connectivity index (χ1v) is 8.55. The molecule has 0 N–H and O–H groups in total. The Morgan fingerprint density at radius 2 is 1.67 bits per heavy atom. The van der Waals surface area contributed by atoms with Gasteiger partial charge in [-0.2, -0.15) is 0 Å². The van der Waals surface area contributed by atoms with Gasteiger partial charge in [0.15, 0.2) is 0 Å². The summed E-state index contributed by atoms with van der Waals surface area (Å²) in [5.41, 5.74) is 2.93. The molecule has 1 heterocycles. The number of amides is 1. The van der Waals surface area contributed by atoms with Crippen molar-refractivity contribution in [2.24, 2.45) is 5.41 Å². The minimum atomic E-state index is -0.301. The second kappa shape index (κ2) is 6.40. The third-order valence-electron chi connectivity index (χ3n) is 4.39. The summed E-state index contributed by atoms with van der Waals surface area (Å²) in [6, 6.07) is 18.3. The number of fused-ring (bicyclic) bond motifs is 1. The maximum Gasteiger partial charge on any atom is 0.228 e. The number of anilines is 1. The lowest BCUT2D eigenvalue weighted by Crippen LogP contribution is -2.52. The van der Waals surface area contributed by atoms with Crippen molar-refractivity contribution in [2.45, 2.75) is 46.4 Å². The minimum absolute atomic E-state index is 0.0916. The fourth-order valence-electron chi connectivity index (χ4n) is 3.23. The van der Waals surface area contributed by atoms with E-state index >= 15 is 0 Å². The third-order valence-corrected chi connectivity index (χ3v) is 4.39. The SMILES string of the molecule is CCC(=O)N1c2ccccc2[C@@H](c2ccccc2)O[C@@H]1C(C)(C)C. The smallest absolute Gasteiger partial charge is 0.228 e. The number of hydrogen-bond donors (Lipinski definition) is 0. The van der Waals surface area contributed by atoms with Crippen molar-refractivity contribution < 1.29 is 9.53 Å². The summed E-state index contributed by atoms with van der Waals surface area (Å²) in [6.07, 6.45) is -0.00196. The van der Waals surface area contributed by atoms with Gasteiger partial charge in [-0.05, 0) is 11.6 Å². The number of nitrogens with zero attached hydrogens (tertiary/aromatic N) is 1. The van der Waals surface area contributed by atoms with Gasteiger partial charge in [-0.3, -0.25) is 9.69 Å². The summed E-state index contributed by atoms with van der Waals surface area (Å²) in [5, 5.41) is 0. The van der Waals surface area contributed by atoms with E-state index in [1.165, 1.54) is 0 Å². The van der Waals surface area contributed by atoms with Crippen LogP contribution < -0.4 is 4.90 Å². The van der Waals surface area contributed by atoms with E-state index in [1.54, 1.807) is 0 Å². The molecular formula is C21H25NO2. The Hall–Kier alpha value is -2.13. The number of rotatable bonds is 2. The van der Waals surface area contributed by atoms with Crippen molar-refractivity contribution in [3.63, 3.8) is 0 Å². The molecule has 0 spiro atoms. The minimum Gasteiger partial charge on any atom is -0.345 e. The molecule has 0 fully saturated rings. The molecule has 2 aromatic rings. The standard InChI is InChI=1S/C21H25NO2/c1-5-18(23)22-17-14-10-9-13-16(17)19(15-11-7-6-8-12-15)24-20(22)21(2,3)4/h6-14,19-20H,5H2,1-4H3/t19-,20-/m1/s1. The van der Waals surface area contributed by atoms with Gasteiger partial charge in [0.05, 0.1) is 5.69 Å². The quantitative estimate of drug-likeness (QED) is 0.785. The third kappa shape index (κ3) is 2.96. The fraction of sp³-hybridized carbons (Fsp3) is 0.381. The van der Waals surface area contributed by atoms with Crippen LogP contribution in [0.25, 0.3) is 0 Å². The molecule has 0 radical (unpaired) electrons. The normalized spacial score (nSPS) is 20.6. The molecule has 0 saturated carbocycles. The Morgan fingerprint density at radius 1 is 1.04 bits per heavy atom. The fourth-order valence-corrected chi connectivity index (χ4v) is 3.23. The summed E-state index contributed by atoms with van der Waals surface area (Å²) in [4.78, 5) is 14.5. The van der Waals surface area contributed by atoms with Crippen LogP contribution in [0, 0.1) is 5.41 Å². The van der Waals surface area contributed by atoms with Gasteiger partial charge in [-0.25, -0.2) is 0 Å². The molecule has 0 bridgehead atoms. The number of benzene rings is 2. The molecule has 24 heavy (non-hydrogen) atoms. The van der Waals surface area contributed by atoms with E-state index < -0.39 is 0 Å². The summed E-state index contributed by atoms with van der Waals surface area (Å²) in [7, 11) is 0. The summed E-state index contributed by atoms with van der Waals surface area (Å²) in [5.74, 6) is 0.0916. The molecule has 1 aliphatic rings. The molecule has 0 aromatic heterocycles. The zero-order valence-electron chi connectivity index (χ0n) is 14.8. The first-order chi connectivity index (χ1) is 11.4. The highest BCUT2D eigenvalue weighted by atomic mass is 16.5. The van der Waals surface area contributed by atoms with E-state index in [2.05, 4.69) is 39.0 Å². The molecule has 2 atom stereocenters. The van der Waals surface area contributed by atoms with Gasteiger partial charge in [0.25, 0.3) is 0 Å². The number of ether oxygens (including phenoxy) is 1. The zero-order chi connectivity index (χ0) is 17.3. The van der Waals surface area contributed by atoms with Crippen molar-refractivity contribution in [1.29, 1.82) is 0 Å². The first-order valence-electron chi connectivity index (χ1n) is 8.55. The summed E-state index contributed by atoms with van der Waals surface area (Å²) >= 11 is 0. The molecule has 0 aliphatic carbocycles. The average molecular weight is 323 g/mol. The summed E-state index contributed by atoms with van der Waals surface area (Å²) < 4.78 is 6.50. The first kappa shape index (κ1) is 16.7. The Morgan fingerprint density at radius 3 is 2.29 bits per heavy atom. The van der Waals surface area contributed by atoms with Crippen LogP contribution in [0.5, 0.6) is 0 Å². The molecule has 2 aromatic carbocycles. The predicted octanol–water partition coefficient (Wildman–Crippen LogP) is 4.92. The van der Waals surface area contributed by atoms with Gasteiger partial charge < -0.3 is 4.74 Å². The topological polar surface area (TPSA) is 29.5 Å². The lowest BCUT2D eigenvalue weighted by molar-refractivity contribution is -0.127. The van der Waals surface area contributed by atoms with Crippen LogP contribution in [0.2, 0.25) is 0 Å². The van der Waals surface area contributed by atoms with Gasteiger partial charge >= 0.3 is 0 Å². The molecule has 1 amide bonds. The van der Waals surface area contributed by atoms with E-state index in [4.69, 9.17) is 4.74 Å². The Balaban J connectivity index is 2.16. The summed E-state index contributed by atoms with van der Waals surface area (Å²) in [6.45, 7) is 8.24.